The van der Waals surface area contributed by atoms with Gasteiger partial charge in [-0.2, -0.15) is 0 Å². The Morgan fingerprint density at radius 3 is 1.91 bits per heavy atom. The van der Waals surface area contributed by atoms with Crippen LogP contribution in [0.25, 0.3) is 0 Å². The van der Waals surface area contributed by atoms with Gasteiger partial charge in [0.25, 0.3) is 0 Å². The number of hydrogen-bond donors (Lipinski definition) is 1. The summed E-state index contributed by atoms with van der Waals surface area (Å²) in [5.41, 5.74) is 2.15. The molecule has 0 aliphatic heterocycles. The molecule has 3 aromatic rings. The van der Waals surface area contributed by atoms with Crippen molar-refractivity contribution in [3.05, 3.63) is 185 Å². The van der Waals surface area contributed by atoms with Crippen molar-refractivity contribution in [3.8, 4) is 5.75 Å². The number of allylic oxidation sites excluding steroid dienone is 12. The SMILES string of the molecule is C/C=C\C=C(/C)OC.C=C/C(Br)=C\C=C\CCCC.C=CC(Br)C/C=C/C(CCC)c1ccccc1.CC(C)(C)OC(=O)NCCc1ccc(Br)cc1.COC.COc1ccccc1. The third kappa shape index (κ3) is 44.7. The van der Waals surface area contributed by atoms with E-state index < -0.39 is 5.60 Å². The van der Waals surface area contributed by atoms with Gasteiger partial charge in [0.1, 0.15) is 11.4 Å². The van der Waals surface area contributed by atoms with Crippen LogP contribution in [0, 0.1) is 0 Å². The van der Waals surface area contributed by atoms with Crippen LogP contribution < -0.4 is 10.1 Å². The highest BCUT2D eigenvalue weighted by Gasteiger charge is 2.15. The Labute approximate surface area is 415 Å². The lowest BCUT2D eigenvalue weighted by atomic mass is 9.94. The summed E-state index contributed by atoms with van der Waals surface area (Å²) in [6.07, 6.45) is 27.9. The summed E-state index contributed by atoms with van der Waals surface area (Å²) in [6.45, 7) is 21.8. The van der Waals surface area contributed by atoms with Crippen LogP contribution in [0.2, 0.25) is 0 Å². The Hall–Kier alpha value is -3.89. The third-order valence-electron chi connectivity index (χ3n) is 7.94. The maximum atomic E-state index is 11.4. The summed E-state index contributed by atoms with van der Waals surface area (Å²) in [7, 11) is 6.57. The van der Waals surface area contributed by atoms with Crippen molar-refractivity contribution in [2.75, 3.05) is 35.0 Å². The van der Waals surface area contributed by atoms with Crippen LogP contribution in [0.5, 0.6) is 5.75 Å². The van der Waals surface area contributed by atoms with Gasteiger partial charge in [-0.1, -0.05) is 197 Å². The largest absolute Gasteiger partial charge is 0.501 e. The number of unbranched alkanes of at least 4 members (excludes halogenated alkanes) is 2. The van der Waals surface area contributed by atoms with E-state index in [0.717, 1.165) is 33.3 Å². The minimum Gasteiger partial charge on any atom is -0.501 e. The molecule has 64 heavy (non-hydrogen) atoms. The molecule has 356 valence electrons. The van der Waals surface area contributed by atoms with Crippen LogP contribution in [0.3, 0.4) is 0 Å². The summed E-state index contributed by atoms with van der Waals surface area (Å²) in [5.74, 6) is 2.39. The summed E-state index contributed by atoms with van der Waals surface area (Å²) in [4.78, 5) is 11.7. The molecule has 6 nitrogen and oxygen atoms in total. The average Bonchev–Trinajstić information content (AvgIpc) is 3.29. The fourth-order valence-electron chi connectivity index (χ4n) is 4.63. The molecule has 0 radical (unpaired) electrons. The number of benzene rings is 3. The van der Waals surface area contributed by atoms with E-state index in [1.807, 2.05) is 120 Å². The first-order valence-corrected chi connectivity index (χ1v) is 24.3. The molecule has 0 fully saturated rings. The number of para-hydroxylation sites is 1. The van der Waals surface area contributed by atoms with Crippen molar-refractivity contribution in [2.45, 2.75) is 110 Å². The molecule has 1 N–H and O–H groups in total. The van der Waals surface area contributed by atoms with Gasteiger partial charge in [-0.25, -0.2) is 4.79 Å². The molecule has 0 aliphatic carbocycles. The zero-order valence-electron chi connectivity index (χ0n) is 40.8. The second-order valence-electron chi connectivity index (χ2n) is 14.8. The molecule has 0 heterocycles. The van der Waals surface area contributed by atoms with Crippen LogP contribution in [-0.2, 0) is 20.6 Å². The Morgan fingerprint density at radius 2 is 1.44 bits per heavy atom. The first-order chi connectivity index (χ1) is 30.6. The van der Waals surface area contributed by atoms with Gasteiger partial charge in [0.2, 0.25) is 0 Å². The number of alkyl carbamates (subject to hydrolysis) is 1. The van der Waals surface area contributed by atoms with Crippen molar-refractivity contribution in [1.82, 2.24) is 5.32 Å². The molecule has 2 unspecified atom stereocenters. The molecule has 9 heteroatoms. The van der Waals surface area contributed by atoms with Crippen molar-refractivity contribution < 1.29 is 23.7 Å². The second kappa shape index (κ2) is 45.7. The second-order valence-corrected chi connectivity index (χ2v) is 17.8. The number of amides is 1. The lowest BCUT2D eigenvalue weighted by Gasteiger charge is -2.19. The fourth-order valence-corrected chi connectivity index (χ4v) is 5.26. The van der Waals surface area contributed by atoms with Gasteiger partial charge in [-0.05, 0) is 108 Å². The average molecular weight is 1070 g/mol. The molecule has 3 rings (SSSR count). The maximum absolute atomic E-state index is 11.4. The van der Waals surface area contributed by atoms with E-state index in [4.69, 9.17) is 14.2 Å². The monoisotopic (exact) mass is 1070 g/mol. The minimum atomic E-state index is -0.443. The van der Waals surface area contributed by atoms with Crippen LogP contribution in [0.15, 0.2) is 174 Å². The number of halogens is 3. The van der Waals surface area contributed by atoms with Crippen LogP contribution in [0.4, 0.5) is 4.79 Å². The summed E-state index contributed by atoms with van der Waals surface area (Å²) < 4.78 is 21.3. The molecular formula is C55H80Br3NO5. The summed E-state index contributed by atoms with van der Waals surface area (Å²) >= 11 is 10.3. The van der Waals surface area contributed by atoms with E-state index >= 15 is 0 Å². The lowest BCUT2D eigenvalue weighted by molar-refractivity contribution is 0.0528. The Morgan fingerprint density at radius 1 is 0.844 bits per heavy atom. The molecule has 0 aliphatic rings. The number of rotatable bonds is 18. The Kier molecular flexibility index (Phi) is 46.0. The predicted molar refractivity (Wildman–Crippen MR) is 290 cm³/mol. The fraction of sp³-hybridized carbons (Fsp3) is 0.400. The molecule has 2 atom stereocenters. The molecule has 0 saturated carbocycles. The highest BCUT2D eigenvalue weighted by Crippen LogP contribution is 2.23. The molecule has 1 amide bonds. The van der Waals surface area contributed by atoms with Gasteiger partial charge in [-0.3, -0.25) is 0 Å². The summed E-state index contributed by atoms with van der Waals surface area (Å²) in [6, 6.07) is 28.4. The standard InChI is InChI=1S/C16H21Br.C13H18BrNO2.C10H15Br.C7H8O.C7H12O.C2H6O/c1-3-9-14(12-8-13-16(17)4-2)15-10-6-5-7-11-15;1-13(2,3)17-12(16)15-9-8-10-4-6-11(14)7-5-10;1-3-5-6-7-8-9-10(11)4-2;1-8-7-5-3-2-4-6-7;1-4-5-6-7(2)8-3;1-3-2/h4-8,10-12,14,16H,2-3,9,13H2,1H3;4-7H,8-9H2,1-3H3,(H,15,16);4,7-9H,2-3,5-6H2,1H3;2-6H,1H3;4-6H,1-3H3;1-2H3/b12-8+;;8-7+,10-9+;;5-4-,7-6+;. The van der Waals surface area contributed by atoms with E-state index in [9.17, 15) is 4.79 Å². The zero-order chi connectivity index (χ0) is 48.9. The van der Waals surface area contributed by atoms with Crippen molar-refractivity contribution in [1.29, 1.82) is 0 Å². The van der Waals surface area contributed by atoms with Gasteiger partial charge < -0.3 is 24.3 Å². The number of ether oxygens (including phenoxy) is 4. The number of carbonyl (C=O) groups is 1. The quantitative estimate of drug-likeness (QED) is 0.0452. The van der Waals surface area contributed by atoms with E-state index in [0.29, 0.717) is 17.3 Å². The number of methoxy groups -OCH3 is 3. The van der Waals surface area contributed by atoms with Crippen molar-refractivity contribution >= 4 is 53.9 Å². The van der Waals surface area contributed by atoms with Crippen molar-refractivity contribution in [3.63, 3.8) is 0 Å². The molecule has 0 aromatic heterocycles. The van der Waals surface area contributed by atoms with Crippen LogP contribution >= 0.6 is 47.8 Å². The first-order valence-electron chi connectivity index (χ1n) is 21.8. The number of alkyl halides is 1. The summed E-state index contributed by atoms with van der Waals surface area (Å²) in [5, 5.41) is 2.73. The van der Waals surface area contributed by atoms with E-state index in [1.54, 1.807) is 34.5 Å². The lowest BCUT2D eigenvalue weighted by Crippen LogP contribution is -2.33. The van der Waals surface area contributed by atoms with Gasteiger partial charge in [0.05, 0.1) is 20.0 Å². The highest BCUT2D eigenvalue weighted by atomic mass is 79.9. The zero-order valence-corrected chi connectivity index (χ0v) is 45.5. The Balaban J connectivity index is -0.000000740. The molecule has 3 aromatic carbocycles. The van der Waals surface area contributed by atoms with E-state index in [-0.39, 0.29) is 6.09 Å². The minimum absolute atomic E-state index is 0.366. The van der Waals surface area contributed by atoms with Crippen LogP contribution in [-0.4, -0.2) is 51.5 Å². The maximum Gasteiger partial charge on any atom is 0.407 e. The predicted octanol–water partition coefficient (Wildman–Crippen LogP) is 17.3. The van der Waals surface area contributed by atoms with Gasteiger partial charge in [0.15, 0.2) is 0 Å². The van der Waals surface area contributed by atoms with E-state index in [1.165, 1.54) is 43.2 Å². The molecule has 0 saturated heterocycles. The van der Waals surface area contributed by atoms with Gasteiger partial charge in [-0.15, -0.1) is 6.58 Å². The van der Waals surface area contributed by atoms with E-state index in [2.05, 4.69) is 139 Å². The third-order valence-corrected chi connectivity index (χ3v) is 9.81. The number of hydrogen-bond acceptors (Lipinski definition) is 5. The first kappa shape index (κ1) is 64.4. The topological polar surface area (TPSA) is 66.0 Å². The smallest absolute Gasteiger partial charge is 0.407 e. The van der Waals surface area contributed by atoms with Gasteiger partial charge >= 0.3 is 6.09 Å². The number of carbonyl (C=O) groups excluding carboxylic acids is 1. The highest BCUT2D eigenvalue weighted by molar-refractivity contribution is 9.12. The van der Waals surface area contributed by atoms with Gasteiger partial charge in [0, 0.05) is 40.5 Å². The molecular weight excluding hydrogens is 994 g/mol. The van der Waals surface area contributed by atoms with Crippen LogP contribution in [0.1, 0.15) is 104 Å². The number of nitrogens with one attached hydrogen (secondary N) is 1. The Bertz CT molecular complexity index is 1700. The normalized spacial score (nSPS) is 11.9. The molecule has 0 spiro atoms. The molecule has 0 bridgehead atoms. The van der Waals surface area contributed by atoms with Crippen molar-refractivity contribution in [2.24, 2.45) is 0 Å².